The van der Waals surface area contributed by atoms with E-state index >= 15 is 0 Å². The van der Waals surface area contributed by atoms with E-state index in [-0.39, 0.29) is 48.3 Å². The summed E-state index contributed by atoms with van der Waals surface area (Å²) in [6, 6.07) is 4.52. The van der Waals surface area contributed by atoms with Crippen LogP contribution in [0.4, 0.5) is 23.8 Å². The molecule has 15 nitrogen and oxygen atoms in total. The summed E-state index contributed by atoms with van der Waals surface area (Å²) < 4.78 is 87.0. The van der Waals surface area contributed by atoms with Crippen molar-refractivity contribution in [3.8, 4) is 11.6 Å². The van der Waals surface area contributed by atoms with Gasteiger partial charge in [0.2, 0.25) is 27.7 Å². The summed E-state index contributed by atoms with van der Waals surface area (Å²) in [4.78, 5) is 65.0. The molecular formula is C43H65F3N6O9S. The van der Waals surface area contributed by atoms with Crippen molar-refractivity contribution in [2.45, 2.75) is 126 Å². The van der Waals surface area contributed by atoms with Gasteiger partial charge < -0.3 is 34.6 Å². The number of hydrogen-bond donors (Lipinski definition) is 3. The lowest BCUT2D eigenvalue weighted by molar-refractivity contribution is -0.152. The fourth-order valence-electron chi connectivity index (χ4n) is 8.15. The fraction of sp³-hybridized carbons (Fsp3) is 0.651. The van der Waals surface area contributed by atoms with E-state index < -0.39 is 92.3 Å². The molecule has 4 amide bonds. The SMILES string of the molecule is CCN(C)c1cc2cc(OC)ccc2c(O[C@@H]2C[C@H]3C(=O)N[C@]4(C(=O)NS(=O)(=O)C5(CF)CC5)C[C@H]4/C=C\CC[C@@H](C)C[C@@H](C)[C@H](NC(=O)OC(C)(C)C(C)(F)F)C(=O)N3C2)n1.[HH].[HH].[HH]. The molecule has 2 aliphatic heterocycles. The Balaban J connectivity index is 0.00000374. The summed E-state index contributed by atoms with van der Waals surface area (Å²) in [5, 5.41) is 6.69. The van der Waals surface area contributed by atoms with E-state index in [4.69, 9.17) is 19.2 Å². The van der Waals surface area contributed by atoms with Crippen LogP contribution in [0.25, 0.3) is 10.8 Å². The van der Waals surface area contributed by atoms with Crippen LogP contribution < -0.4 is 29.7 Å². The molecule has 1 saturated heterocycles. The third-order valence-electron chi connectivity index (χ3n) is 13.1. The number of anilines is 1. The minimum Gasteiger partial charge on any atom is -0.497 e. The minimum atomic E-state index is -4.45. The van der Waals surface area contributed by atoms with Gasteiger partial charge in [0.05, 0.1) is 13.7 Å². The normalized spacial score (nSPS) is 28.3. The summed E-state index contributed by atoms with van der Waals surface area (Å²) >= 11 is 0. The van der Waals surface area contributed by atoms with Crippen LogP contribution >= 0.6 is 0 Å². The third kappa shape index (κ3) is 9.42. The van der Waals surface area contributed by atoms with Crippen LogP contribution in [0, 0.1) is 17.8 Å². The quantitative estimate of drug-likeness (QED) is 0.208. The Morgan fingerprint density at radius 2 is 1.84 bits per heavy atom. The summed E-state index contributed by atoms with van der Waals surface area (Å²) in [5.41, 5.74) is -3.99. The van der Waals surface area contributed by atoms with Crippen molar-refractivity contribution in [3.63, 3.8) is 0 Å². The van der Waals surface area contributed by atoms with Crippen molar-refractivity contribution >= 4 is 50.4 Å². The second-order valence-corrected chi connectivity index (χ2v) is 20.2. The number of nitrogens with zero attached hydrogens (tertiary/aromatic N) is 3. The highest BCUT2D eigenvalue weighted by Gasteiger charge is 2.64. The predicted molar refractivity (Wildman–Crippen MR) is 232 cm³/mol. The van der Waals surface area contributed by atoms with Gasteiger partial charge in [-0.05, 0) is 101 Å². The Kier molecular flexibility index (Phi) is 13.1. The molecule has 0 spiro atoms. The minimum absolute atomic E-state index is 0. The van der Waals surface area contributed by atoms with E-state index in [1.54, 1.807) is 32.2 Å². The predicted octanol–water partition coefficient (Wildman–Crippen LogP) is 6.15. The number of carbonyl (C=O) groups is 4. The second-order valence-electron chi connectivity index (χ2n) is 18.1. The summed E-state index contributed by atoms with van der Waals surface area (Å²) in [7, 11) is -1.05. The lowest BCUT2D eigenvalue weighted by atomic mass is 9.88. The molecule has 7 atom stereocenters. The zero-order valence-corrected chi connectivity index (χ0v) is 37.4. The first-order valence-electron chi connectivity index (χ1n) is 21.2. The Bertz CT molecular complexity index is 2220. The molecule has 3 heterocycles. The van der Waals surface area contributed by atoms with Crippen molar-refractivity contribution in [2.75, 3.05) is 38.8 Å². The smallest absolute Gasteiger partial charge is 0.408 e. The Morgan fingerprint density at radius 3 is 2.47 bits per heavy atom. The van der Waals surface area contributed by atoms with Crippen LogP contribution in [-0.4, -0.2) is 116 Å². The molecule has 2 aliphatic carbocycles. The first-order chi connectivity index (χ1) is 29.0. The Hall–Kier alpha value is -4.81. The van der Waals surface area contributed by atoms with E-state index in [1.807, 2.05) is 44.0 Å². The highest BCUT2D eigenvalue weighted by atomic mass is 32.2. The van der Waals surface area contributed by atoms with E-state index in [9.17, 15) is 40.8 Å². The number of sulfonamides is 1. The van der Waals surface area contributed by atoms with Gasteiger partial charge in [-0.25, -0.2) is 26.4 Å². The van der Waals surface area contributed by atoms with Gasteiger partial charge in [0, 0.05) is 42.5 Å². The van der Waals surface area contributed by atoms with Gasteiger partial charge in [-0.1, -0.05) is 26.0 Å². The molecule has 19 heteroatoms. The van der Waals surface area contributed by atoms with Crippen molar-refractivity contribution in [1.82, 2.24) is 25.2 Å². The molecule has 2 aromatic rings. The van der Waals surface area contributed by atoms with Crippen LogP contribution in [0.3, 0.4) is 0 Å². The molecule has 2 saturated carbocycles. The highest BCUT2D eigenvalue weighted by Crippen LogP contribution is 2.48. The monoisotopic (exact) mass is 898 g/mol. The molecule has 6 rings (SSSR count). The lowest BCUT2D eigenvalue weighted by Crippen LogP contribution is -2.60. The van der Waals surface area contributed by atoms with Gasteiger partial charge in [-0.3, -0.25) is 19.1 Å². The van der Waals surface area contributed by atoms with Crippen LogP contribution in [0.1, 0.15) is 90.8 Å². The molecule has 62 heavy (non-hydrogen) atoms. The molecule has 3 fully saturated rings. The molecule has 1 aromatic carbocycles. The number of ether oxygens (including phenoxy) is 3. The highest BCUT2D eigenvalue weighted by molar-refractivity contribution is 7.91. The number of hydrogen-bond acceptors (Lipinski definition) is 11. The van der Waals surface area contributed by atoms with E-state index in [1.165, 1.54) is 4.90 Å². The van der Waals surface area contributed by atoms with E-state index in [0.717, 1.165) is 19.2 Å². The zero-order valence-electron chi connectivity index (χ0n) is 36.6. The number of aromatic nitrogens is 1. The number of methoxy groups -OCH3 is 1. The van der Waals surface area contributed by atoms with Crippen LogP contribution in [0.5, 0.6) is 11.6 Å². The number of benzene rings is 1. The van der Waals surface area contributed by atoms with Gasteiger partial charge in [0.1, 0.15) is 46.7 Å². The molecule has 348 valence electrons. The van der Waals surface area contributed by atoms with E-state index in [2.05, 4.69) is 15.4 Å². The van der Waals surface area contributed by atoms with Gasteiger partial charge in [-0.2, -0.15) is 4.98 Å². The number of halogens is 3. The first kappa shape index (κ1) is 46.7. The van der Waals surface area contributed by atoms with Gasteiger partial charge in [-0.15, -0.1) is 0 Å². The Morgan fingerprint density at radius 1 is 1.13 bits per heavy atom. The summed E-state index contributed by atoms with van der Waals surface area (Å²) in [6.07, 6.45) is 3.03. The first-order valence-corrected chi connectivity index (χ1v) is 22.6. The van der Waals surface area contributed by atoms with Gasteiger partial charge in [0.15, 0.2) is 5.60 Å². The maximum atomic E-state index is 15.0. The van der Waals surface area contributed by atoms with Crippen molar-refractivity contribution in [2.24, 2.45) is 17.8 Å². The number of alkyl halides is 3. The third-order valence-corrected chi connectivity index (χ3v) is 15.2. The average molecular weight is 899 g/mol. The van der Waals surface area contributed by atoms with Crippen molar-refractivity contribution in [1.29, 1.82) is 0 Å². The largest absolute Gasteiger partial charge is 0.497 e. The summed E-state index contributed by atoms with van der Waals surface area (Å²) in [6.45, 7) is 7.62. The number of amides is 4. The number of fused-ring (bicyclic) bond motifs is 3. The molecule has 1 aromatic heterocycles. The van der Waals surface area contributed by atoms with Crippen molar-refractivity contribution in [3.05, 3.63) is 36.4 Å². The van der Waals surface area contributed by atoms with Crippen molar-refractivity contribution < 1.29 is 59.3 Å². The van der Waals surface area contributed by atoms with Crippen LogP contribution in [0.2, 0.25) is 0 Å². The topological polar surface area (TPSA) is 186 Å². The molecule has 3 N–H and O–H groups in total. The average Bonchev–Trinajstić information content (AvgIpc) is 4.11. The number of nitrogens with one attached hydrogen (secondary N) is 3. The number of rotatable bonds is 12. The van der Waals surface area contributed by atoms with E-state index in [0.29, 0.717) is 49.7 Å². The lowest BCUT2D eigenvalue weighted by Gasteiger charge is -2.35. The Labute approximate surface area is 365 Å². The number of carbonyl (C=O) groups excluding carboxylic acids is 4. The second kappa shape index (κ2) is 17.4. The summed E-state index contributed by atoms with van der Waals surface area (Å²) in [5.74, 6) is -5.83. The number of pyridine rings is 1. The fourth-order valence-corrected chi connectivity index (χ4v) is 9.58. The zero-order chi connectivity index (χ0) is 45.6. The number of alkyl carbamates (subject to hydrolysis) is 1. The molecule has 0 unspecified atom stereocenters. The maximum Gasteiger partial charge on any atom is 0.408 e. The van der Waals surface area contributed by atoms with Crippen LogP contribution in [-0.2, 0) is 29.1 Å². The van der Waals surface area contributed by atoms with Crippen LogP contribution in [0.15, 0.2) is 36.4 Å². The van der Waals surface area contributed by atoms with Gasteiger partial charge >= 0.3 is 6.09 Å². The molecule has 0 bridgehead atoms. The standard InChI is InChI=1S/C43H59F3N6O9S.3H2/c1-9-51(7)33-20-27-19-29(59-8)14-15-31(27)36(47-33)60-30-21-32-35(53)49-43(38(55)50-62(57,58)42(24-44)16-17-42)22-28(43)13-11-10-12-25(2)18-26(3)34(37(54)52(32)23-30)48-39(56)61-40(4,5)41(6,45)46;;;/h11,13-15,19-20,25-26,28,30,32,34H,9-10,12,16-18,21-24H2,1-8H3,(H,48,56)(H,49,53)(H,50,55);3*1H/b13-11-;;;/t25-,26-,28-,30-,32+,34+,43-;;;/m1.../s1. The molecular weight excluding hydrogens is 834 g/mol. The maximum absolute atomic E-state index is 15.0. The van der Waals surface area contributed by atoms with Gasteiger partial charge in [0.25, 0.3) is 11.8 Å². The molecule has 0 radical (unpaired) electrons. The molecule has 4 aliphatic rings. The number of allylic oxidation sites excluding steroid dienone is 1.